The first-order valence-electron chi connectivity index (χ1n) is 13.5. The van der Waals surface area contributed by atoms with Crippen LogP contribution in [0.15, 0.2) is 81.1 Å². The number of primary amides is 1. The maximum absolute atomic E-state index is 14.0. The van der Waals surface area contributed by atoms with Gasteiger partial charge in [-0.3, -0.25) is 9.89 Å². The molecule has 6 rings (SSSR count). The van der Waals surface area contributed by atoms with E-state index in [-0.39, 0.29) is 17.0 Å². The summed E-state index contributed by atoms with van der Waals surface area (Å²) < 4.78 is 60.4. The summed E-state index contributed by atoms with van der Waals surface area (Å²) in [6.07, 6.45) is 1.54. The van der Waals surface area contributed by atoms with E-state index >= 15 is 0 Å². The Morgan fingerprint density at radius 3 is 2.44 bits per heavy atom. The number of nitrogens with two attached hydrogens (primary N) is 1. The lowest BCUT2D eigenvalue weighted by Crippen LogP contribution is -2.44. The lowest BCUT2D eigenvalue weighted by atomic mass is 9.97. The molecular weight excluding hydrogens is 578 g/mol. The third-order valence-corrected chi connectivity index (χ3v) is 9.27. The molecule has 1 fully saturated rings. The van der Waals surface area contributed by atoms with Gasteiger partial charge < -0.3 is 25.3 Å². The molecule has 4 N–H and O–H groups in total. The number of nitrogens with zero attached hydrogens (tertiary/aromatic N) is 3. The van der Waals surface area contributed by atoms with Gasteiger partial charge in [-0.05, 0) is 61.6 Å². The topological polar surface area (TPSA) is 138 Å². The molecule has 43 heavy (non-hydrogen) atoms. The fourth-order valence-electron chi connectivity index (χ4n) is 5.29. The van der Waals surface area contributed by atoms with Crippen LogP contribution >= 0.6 is 0 Å². The van der Waals surface area contributed by atoms with E-state index in [1.807, 2.05) is 13.1 Å². The van der Waals surface area contributed by atoms with Crippen molar-refractivity contribution in [1.82, 2.24) is 15.1 Å². The van der Waals surface area contributed by atoms with Gasteiger partial charge in [0.2, 0.25) is 9.84 Å². The lowest BCUT2D eigenvalue weighted by molar-refractivity contribution is 0.100. The fraction of sp³-hybridized carbons (Fsp3) is 0.200. The van der Waals surface area contributed by atoms with Gasteiger partial charge in [0.15, 0.2) is 0 Å². The molecule has 1 amide bonds. The molecule has 0 saturated carbocycles. The number of H-pyrrole nitrogens is 1. The Hall–Kier alpha value is -4.75. The number of amides is 1. The van der Waals surface area contributed by atoms with Crippen LogP contribution in [0.4, 0.5) is 20.2 Å². The quantitative estimate of drug-likeness (QED) is 0.237. The molecule has 0 unspecified atom stereocenters. The standard InChI is InChI=1S/C30H28F2N6O4S/c1-37-8-10-38(11-9-37)26-7-5-23(30(33)39)28(34-17-20-3-2-12-42-20)27(26)29-24-16-21(4-6-25(24)35-36-29)43(40,41)22-14-18(31)13-19(32)15-22/h2-7,12-16,34H,8-11,17H2,1H3,(H2,33,39)(H,35,36). The number of carbonyl (C=O) groups is 1. The molecule has 0 spiro atoms. The van der Waals surface area contributed by atoms with Crippen molar-refractivity contribution in [3.05, 3.63) is 89.9 Å². The van der Waals surface area contributed by atoms with Crippen molar-refractivity contribution in [2.24, 2.45) is 5.73 Å². The van der Waals surface area contributed by atoms with Crippen molar-refractivity contribution in [2.75, 3.05) is 43.4 Å². The molecular formula is C30H28F2N6O4S. The number of sulfone groups is 1. The van der Waals surface area contributed by atoms with Gasteiger partial charge in [0, 0.05) is 43.3 Å². The van der Waals surface area contributed by atoms with E-state index in [0.717, 1.165) is 30.9 Å². The van der Waals surface area contributed by atoms with Crippen LogP contribution in [-0.2, 0) is 16.4 Å². The summed E-state index contributed by atoms with van der Waals surface area (Å²) in [6, 6.07) is 13.5. The Morgan fingerprint density at radius 2 is 1.77 bits per heavy atom. The Kier molecular flexibility index (Phi) is 7.36. The van der Waals surface area contributed by atoms with Gasteiger partial charge in [-0.1, -0.05) is 0 Å². The highest BCUT2D eigenvalue weighted by Crippen LogP contribution is 2.43. The van der Waals surface area contributed by atoms with Crippen LogP contribution in [0, 0.1) is 11.6 Å². The summed E-state index contributed by atoms with van der Waals surface area (Å²) in [5.41, 5.74) is 8.66. The van der Waals surface area contributed by atoms with E-state index in [9.17, 15) is 22.0 Å². The molecule has 0 radical (unpaired) electrons. The maximum atomic E-state index is 14.0. The number of halogens is 2. The number of hydrogen-bond acceptors (Lipinski definition) is 8. The second-order valence-electron chi connectivity index (χ2n) is 10.4. The zero-order valence-electron chi connectivity index (χ0n) is 23.1. The van der Waals surface area contributed by atoms with E-state index in [2.05, 4.69) is 25.3 Å². The number of anilines is 2. The summed E-state index contributed by atoms with van der Waals surface area (Å²) in [4.78, 5) is 16.4. The first-order valence-corrected chi connectivity index (χ1v) is 15.0. The summed E-state index contributed by atoms with van der Waals surface area (Å²) in [5, 5.41) is 11.3. The van der Waals surface area contributed by atoms with E-state index in [0.29, 0.717) is 52.8 Å². The van der Waals surface area contributed by atoms with E-state index in [1.165, 1.54) is 18.2 Å². The number of aromatic amines is 1. The predicted octanol–water partition coefficient (Wildman–Crippen LogP) is 4.40. The highest BCUT2D eigenvalue weighted by Gasteiger charge is 2.27. The molecule has 3 aromatic carbocycles. The lowest BCUT2D eigenvalue weighted by Gasteiger charge is -2.35. The third-order valence-electron chi connectivity index (χ3n) is 7.54. The number of nitrogens with one attached hydrogen (secondary N) is 2. The molecule has 222 valence electrons. The van der Waals surface area contributed by atoms with Crippen molar-refractivity contribution in [3.63, 3.8) is 0 Å². The molecule has 1 aliphatic rings. The Morgan fingerprint density at radius 1 is 1.02 bits per heavy atom. The highest BCUT2D eigenvalue weighted by molar-refractivity contribution is 7.91. The van der Waals surface area contributed by atoms with Gasteiger partial charge in [0.1, 0.15) is 23.1 Å². The number of likely N-dealkylation sites (N-methyl/N-ethyl adjacent to an activating group) is 1. The van der Waals surface area contributed by atoms with Crippen molar-refractivity contribution < 1.29 is 26.4 Å². The largest absolute Gasteiger partial charge is 0.467 e. The average Bonchev–Trinajstić information content (AvgIpc) is 3.65. The molecule has 0 bridgehead atoms. The summed E-state index contributed by atoms with van der Waals surface area (Å²) in [6.45, 7) is 3.24. The summed E-state index contributed by atoms with van der Waals surface area (Å²) in [7, 11) is -2.26. The molecule has 0 aliphatic carbocycles. The Balaban J connectivity index is 1.55. The number of furan rings is 1. The van der Waals surface area contributed by atoms with Gasteiger partial charge in [-0.25, -0.2) is 17.2 Å². The summed E-state index contributed by atoms with van der Waals surface area (Å²) >= 11 is 0. The number of carbonyl (C=O) groups excluding carboxylic acids is 1. The van der Waals surface area contributed by atoms with E-state index < -0.39 is 32.3 Å². The maximum Gasteiger partial charge on any atom is 0.250 e. The van der Waals surface area contributed by atoms with Gasteiger partial charge in [-0.2, -0.15) is 5.10 Å². The van der Waals surface area contributed by atoms with Gasteiger partial charge in [0.05, 0.1) is 44.9 Å². The molecule has 1 saturated heterocycles. The van der Waals surface area contributed by atoms with Gasteiger partial charge in [0.25, 0.3) is 5.91 Å². The Bertz CT molecular complexity index is 1910. The fourth-order valence-corrected chi connectivity index (χ4v) is 6.62. The molecule has 0 atom stereocenters. The highest BCUT2D eigenvalue weighted by atomic mass is 32.2. The Labute approximate surface area is 246 Å². The van der Waals surface area contributed by atoms with Crippen LogP contribution in [0.2, 0.25) is 0 Å². The second-order valence-corrected chi connectivity index (χ2v) is 12.3. The van der Waals surface area contributed by atoms with Crippen molar-refractivity contribution in [2.45, 2.75) is 16.3 Å². The average molecular weight is 607 g/mol. The number of hydrogen-bond donors (Lipinski definition) is 3. The number of rotatable bonds is 8. The molecule has 3 heterocycles. The van der Waals surface area contributed by atoms with Crippen LogP contribution < -0.4 is 16.0 Å². The van der Waals surface area contributed by atoms with E-state index in [4.69, 9.17) is 10.2 Å². The monoisotopic (exact) mass is 606 g/mol. The van der Waals surface area contributed by atoms with E-state index in [1.54, 1.807) is 24.5 Å². The summed E-state index contributed by atoms with van der Waals surface area (Å²) in [5.74, 6) is -2.05. The van der Waals surface area contributed by atoms with Crippen LogP contribution in [0.3, 0.4) is 0 Å². The molecule has 1 aliphatic heterocycles. The van der Waals surface area contributed by atoms with Crippen molar-refractivity contribution >= 4 is 38.0 Å². The number of benzene rings is 3. The minimum absolute atomic E-state index is 0.176. The van der Waals surface area contributed by atoms with Crippen molar-refractivity contribution in [1.29, 1.82) is 0 Å². The molecule has 5 aromatic rings. The SMILES string of the molecule is CN1CCN(c2ccc(C(N)=O)c(NCc3ccco3)c2-c2n[nH]c3ccc(S(=O)(=O)c4cc(F)cc(F)c4)cc23)CC1. The van der Waals surface area contributed by atoms with Crippen LogP contribution in [0.1, 0.15) is 16.1 Å². The van der Waals surface area contributed by atoms with Crippen LogP contribution in [0.25, 0.3) is 22.2 Å². The molecule has 10 nitrogen and oxygen atoms in total. The first-order chi connectivity index (χ1) is 20.6. The number of piperazine rings is 1. The first kappa shape index (κ1) is 28.4. The van der Waals surface area contributed by atoms with Crippen molar-refractivity contribution in [3.8, 4) is 11.3 Å². The smallest absolute Gasteiger partial charge is 0.250 e. The molecule has 2 aromatic heterocycles. The second kappa shape index (κ2) is 11.2. The predicted molar refractivity (Wildman–Crippen MR) is 158 cm³/mol. The van der Waals surface area contributed by atoms with Gasteiger partial charge in [-0.15, -0.1) is 0 Å². The zero-order valence-corrected chi connectivity index (χ0v) is 23.9. The minimum atomic E-state index is -4.30. The minimum Gasteiger partial charge on any atom is -0.467 e. The van der Waals surface area contributed by atoms with Crippen LogP contribution in [0.5, 0.6) is 0 Å². The normalized spacial score (nSPS) is 14.3. The number of aromatic nitrogens is 2. The van der Waals surface area contributed by atoms with Gasteiger partial charge >= 0.3 is 0 Å². The molecule has 13 heteroatoms. The van der Waals surface area contributed by atoms with Crippen LogP contribution in [-0.4, -0.2) is 62.6 Å². The number of fused-ring (bicyclic) bond motifs is 1. The third kappa shape index (κ3) is 5.44. The zero-order chi connectivity index (χ0) is 30.3.